The van der Waals surface area contributed by atoms with E-state index in [0.29, 0.717) is 28.0 Å². The van der Waals surface area contributed by atoms with E-state index < -0.39 is 12.6 Å². The average molecular weight is 576 g/mol. The van der Waals surface area contributed by atoms with Gasteiger partial charge in [0.1, 0.15) is 0 Å². The molecule has 0 saturated heterocycles. The minimum atomic E-state index is -1.10. The van der Waals surface area contributed by atoms with Crippen LogP contribution in [0.4, 0.5) is 0 Å². The Morgan fingerprint density at radius 2 is 1.76 bits per heavy atom. The van der Waals surface area contributed by atoms with Gasteiger partial charge in [-0.2, -0.15) is 5.10 Å². The first-order valence-corrected chi connectivity index (χ1v) is 12.6. The summed E-state index contributed by atoms with van der Waals surface area (Å²) in [6, 6.07) is 24.9. The van der Waals surface area contributed by atoms with Crippen LogP contribution in [-0.2, 0) is 4.79 Å². The molecule has 0 saturated carbocycles. The van der Waals surface area contributed by atoms with Crippen LogP contribution in [0.2, 0.25) is 0 Å². The largest absolute Gasteiger partial charge is 0.490 e. The number of aromatic nitrogens is 1. The highest BCUT2D eigenvalue weighted by Crippen LogP contribution is 2.36. The molecule has 194 valence electrons. The monoisotopic (exact) mass is 575 g/mol. The maximum atomic E-state index is 12.7. The van der Waals surface area contributed by atoms with E-state index in [1.807, 2.05) is 37.3 Å². The third-order valence-electron chi connectivity index (χ3n) is 5.58. The lowest BCUT2D eigenvalue weighted by molar-refractivity contribution is -0.139. The van der Waals surface area contributed by atoms with Crippen molar-refractivity contribution in [3.8, 4) is 28.4 Å². The summed E-state index contributed by atoms with van der Waals surface area (Å²) in [6.45, 7) is 3.71. The molecule has 4 aromatic rings. The normalized spacial score (nSPS) is 10.9. The summed E-state index contributed by atoms with van der Waals surface area (Å²) in [5, 5.41) is 13.0. The fraction of sp³-hybridized carbons (Fsp3) is 0.138. The lowest BCUT2D eigenvalue weighted by atomic mass is 10.1. The Labute approximate surface area is 228 Å². The number of halogens is 1. The highest BCUT2D eigenvalue weighted by molar-refractivity contribution is 9.10. The standard InChI is InChI=1S/C29H26BrN3O5/c1-3-37-26-16-20(15-24(30)28(26)38-18-27(34)35)17-31-32-29(36)22-10-12-23(13-11-22)33-19(2)9-14-25(33)21-7-5-4-6-8-21/h4-17H,3,18H2,1-2H3,(H,32,36)(H,34,35)/b31-17+. The molecule has 0 bridgehead atoms. The van der Waals surface area contributed by atoms with Crippen molar-refractivity contribution in [1.29, 1.82) is 0 Å². The third kappa shape index (κ3) is 6.30. The van der Waals surface area contributed by atoms with E-state index in [0.717, 1.165) is 22.6 Å². The molecule has 0 aliphatic heterocycles. The van der Waals surface area contributed by atoms with E-state index in [4.69, 9.17) is 14.6 Å². The molecule has 0 fully saturated rings. The Balaban J connectivity index is 1.47. The van der Waals surface area contributed by atoms with Gasteiger partial charge in [0.25, 0.3) is 5.91 Å². The first-order valence-electron chi connectivity index (χ1n) is 11.9. The van der Waals surface area contributed by atoms with Gasteiger partial charge < -0.3 is 19.1 Å². The van der Waals surface area contributed by atoms with E-state index in [9.17, 15) is 9.59 Å². The molecule has 1 aromatic heterocycles. The lowest BCUT2D eigenvalue weighted by Crippen LogP contribution is -2.17. The van der Waals surface area contributed by atoms with E-state index in [2.05, 4.69) is 55.3 Å². The smallest absolute Gasteiger partial charge is 0.341 e. The molecule has 0 spiro atoms. The van der Waals surface area contributed by atoms with Crippen LogP contribution in [0.25, 0.3) is 16.9 Å². The number of ether oxygens (including phenoxy) is 2. The summed E-state index contributed by atoms with van der Waals surface area (Å²) in [5.74, 6) is -0.808. The predicted molar refractivity (Wildman–Crippen MR) is 149 cm³/mol. The number of amides is 1. The van der Waals surface area contributed by atoms with Gasteiger partial charge in [-0.1, -0.05) is 30.3 Å². The number of nitrogens with one attached hydrogen (secondary N) is 1. The number of carbonyl (C=O) groups excluding carboxylic acids is 1. The molecule has 0 unspecified atom stereocenters. The third-order valence-corrected chi connectivity index (χ3v) is 6.17. The Hall–Kier alpha value is -4.37. The van der Waals surface area contributed by atoms with Crippen molar-refractivity contribution in [2.24, 2.45) is 5.10 Å². The molecule has 0 aliphatic rings. The highest BCUT2D eigenvalue weighted by atomic mass is 79.9. The molecule has 38 heavy (non-hydrogen) atoms. The Morgan fingerprint density at radius 3 is 2.45 bits per heavy atom. The molecule has 2 N–H and O–H groups in total. The number of carbonyl (C=O) groups is 2. The molecule has 1 amide bonds. The molecule has 0 atom stereocenters. The first-order chi connectivity index (χ1) is 18.4. The van der Waals surface area contributed by atoms with Crippen LogP contribution in [0.5, 0.6) is 11.5 Å². The van der Waals surface area contributed by atoms with Crippen LogP contribution >= 0.6 is 15.9 Å². The minimum Gasteiger partial charge on any atom is -0.490 e. The molecular formula is C29H26BrN3O5. The van der Waals surface area contributed by atoms with Crippen LogP contribution < -0.4 is 14.9 Å². The second-order valence-electron chi connectivity index (χ2n) is 8.25. The second kappa shape index (κ2) is 12.2. The summed E-state index contributed by atoms with van der Waals surface area (Å²) < 4.78 is 13.6. The number of carboxylic acid groups (broad SMARTS) is 1. The number of hydrazone groups is 1. The summed E-state index contributed by atoms with van der Waals surface area (Å²) in [6.07, 6.45) is 1.47. The van der Waals surface area contributed by atoms with Gasteiger partial charge in [-0.3, -0.25) is 4.79 Å². The van der Waals surface area contributed by atoms with E-state index in [-0.39, 0.29) is 11.7 Å². The number of aliphatic carboxylic acids is 1. The number of rotatable bonds is 10. The topological polar surface area (TPSA) is 102 Å². The molecule has 3 aromatic carbocycles. The van der Waals surface area contributed by atoms with Gasteiger partial charge in [-0.25, -0.2) is 10.2 Å². The van der Waals surface area contributed by atoms with E-state index in [1.165, 1.54) is 6.21 Å². The molecule has 1 heterocycles. The fourth-order valence-electron chi connectivity index (χ4n) is 3.91. The molecule has 4 rings (SSSR count). The predicted octanol–water partition coefficient (Wildman–Crippen LogP) is 5.84. The van der Waals surface area contributed by atoms with Crippen LogP contribution in [0, 0.1) is 6.92 Å². The Kier molecular flexibility index (Phi) is 8.60. The number of hydrogen-bond acceptors (Lipinski definition) is 5. The van der Waals surface area contributed by atoms with Crippen molar-refractivity contribution in [3.63, 3.8) is 0 Å². The van der Waals surface area contributed by atoms with Gasteiger partial charge in [-0.15, -0.1) is 0 Å². The summed E-state index contributed by atoms with van der Waals surface area (Å²) in [4.78, 5) is 23.6. The van der Waals surface area contributed by atoms with Crippen molar-refractivity contribution in [2.45, 2.75) is 13.8 Å². The van der Waals surface area contributed by atoms with Crippen molar-refractivity contribution in [1.82, 2.24) is 9.99 Å². The van der Waals surface area contributed by atoms with Crippen LogP contribution in [0.1, 0.15) is 28.5 Å². The van der Waals surface area contributed by atoms with E-state index >= 15 is 0 Å². The summed E-state index contributed by atoms with van der Waals surface area (Å²) in [7, 11) is 0. The first kappa shape index (κ1) is 26.7. The fourth-order valence-corrected chi connectivity index (χ4v) is 4.48. The maximum Gasteiger partial charge on any atom is 0.341 e. The van der Waals surface area contributed by atoms with Gasteiger partial charge in [0.2, 0.25) is 0 Å². The Bertz CT molecular complexity index is 1460. The van der Waals surface area contributed by atoms with Gasteiger partial charge in [0.15, 0.2) is 18.1 Å². The average Bonchev–Trinajstić information content (AvgIpc) is 3.30. The van der Waals surface area contributed by atoms with Crippen LogP contribution in [0.15, 0.2) is 88.4 Å². The quantitative estimate of drug-likeness (QED) is 0.183. The van der Waals surface area contributed by atoms with Gasteiger partial charge >= 0.3 is 5.97 Å². The van der Waals surface area contributed by atoms with Gasteiger partial charge in [0, 0.05) is 16.9 Å². The van der Waals surface area contributed by atoms with Crippen molar-refractivity contribution in [3.05, 3.63) is 100 Å². The second-order valence-corrected chi connectivity index (χ2v) is 9.11. The van der Waals surface area contributed by atoms with Gasteiger partial charge in [-0.05, 0) is 89.4 Å². The zero-order valence-corrected chi connectivity index (χ0v) is 22.4. The van der Waals surface area contributed by atoms with Crippen molar-refractivity contribution < 1.29 is 24.2 Å². The summed E-state index contributed by atoms with van der Waals surface area (Å²) in [5.41, 5.74) is 7.83. The number of hydrogen-bond donors (Lipinski definition) is 2. The zero-order chi connectivity index (χ0) is 27.1. The molecule has 0 radical (unpaired) electrons. The summed E-state index contributed by atoms with van der Waals surface area (Å²) >= 11 is 3.37. The minimum absolute atomic E-state index is 0.281. The van der Waals surface area contributed by atoms with Crippen LogP contribution in [0.3, 0.4) is 0 Å². The SMILES string of the molecule is CCOc1cc(/C=N/NC(=O)c2ccc(-n3c(C)ccc3-c3ccccc3)cc2)cc(Br)c1OCC(=O)O. The Morgan fingerprint density at radius 1 is 1.03 bits per heavy atom. The molecule has 8 nitrogen and oxygen atoms in total. The number of benzene rings is 3. The molecular weight excluding hydrogens is 550 g/mol. The zero-order valence-electron chi connectivity index (χ0n) is 20.8. The highest BCUT2D eigenvalue weighted by Gasteiger charge is 2.14. The van der Waals surface area contributed by atoms with Crippen molar-refractivity contribution >= 4 is 34.0 Å². The number of carboxylic acids is 1. The van der Waals surface area contributed by atoms with E-state index in [1.54, 1.807) is 31.2 Å². The lowest BCUT2D eigenvalue weighted by Gasteiger charge is -2.13. The maximum absolute atomic E-state index is 12.7. The number of nitrogens with zero attached hydrogens (tertiary/aromatic N) is 2. The van der Waals surface area contributed by atoms with Gasteiger partial charge in [0.05, 0.1) is 23.0 Å². The molecule has 9 heteroatoms. The molecule has 0 aliphatic carbocycles. The van der Waals surface area contributed by atoms with Crippen molar-refractivity contribution in [2.75, 3.05) is 13.2 Å². The van der Waals surface area contributed by atoms with Crippen LogP contribution in [-0.4, -0.2) is 41.0 Å². The number of aryl methyl sites for hydroxylation is 1.